The third-order valence-corrected chi connectivity index (χ3v) is 4.65. The molecular formula is C20H26N2O3. The first-order chi connectivity index (χ1) is 11.6. The summed E-state index contributed by atoms with van der Waals surface area (Å²) in [6, 6.07) is 7.37. The molecule has 0 radical (unpaired) electrons. The topological polar surface area (TPSA) is 49.9 Å². The second-order valence-corrected chi connectivity index (χ2v) is 8.10. The van der Waals surface area contributed by atoms with E-state index in [1.54, 1.807) is 9.80 Å². The van der Waals surface area contributed by atoms with Crippen LogP contribution in [0.4, 0.5) is 4.79 Å². The Bertz CT molecular complexity index is 733. The van der Waals surface area contributed by atoms with Crippen molar-refractivity contribution >= 4 is 17.6 Å². The van der Waals surface area contributed by atoms with Crippen molar-refractivity contribution in [3.05, 3.63) is 42.0 Å². The van der Waals surface area contributed by atoms with Gasteiger partial charge in [-0.2, -0.15) is 0 Å². The van der Waals surface area contributed by atoms with Crippen molar-refractivity contribution in [3.8, 4) is 0 Å². The summed E-state index contributed by atoms with van der Waals surface area (Å²) < 4.78 is 5.60. The van der Waals surface area contributed by atoms with Gasteiger partial charge in [0, 0.05) is 6.54 Å². The molecule has 1 fully saturated rings. The van der Waals surface area contributed by atoms with Crippen LogP contribution >= 0.6 is 0 Å². The van der Waals surface area contributed by atoms with Gasteiger partial charge in [0.15, 0.2) is 0 Å². The molecular weight excluding hydrogens is 316 g/mol. The summed E-state index contributed by atoms with van der Waals surface area (Å²) in [5.74, 6) is -0.0527. The van der Waals surface area contributed by atoms with Crippen LogP contribution in [0.15, 0.2) is 30.8 Å². The van der Waals surface area contributed by atoms with Crippen molar-refractivity contribution in [2.45, 2.75) is 59.0 Å². The zero-order valence-electron chi connectivity index (χ0n) is 15.6. The van der Waals surface area contributed by atoms with Crippen molar-refractivity contribution < 1.29 is 14.3 Å². The zero-order chi connectivity index (χ0) is 18.5. The van der Waals surface area contributed by atoms with Crippen LogP contribution in [0.1, 0.15) is 45.7 Å². The minimum absolute atomic E-state index is 0.0125. The fraction of sp³-hybridized carbons (Fsp3) is 0.500. The number of ether oxygens (including phenoxy) is 1. The Balaban J connectivity index is 2.05. The normalized spacial score (nSPS) is 23.0. The second-order valence-electron chi connectivity index (χ2n) is 8.10. The fourth-order valence-corrected chi connectivity index (χ4v) is 3.66. The van der Waals surface area contributed by atoms with Crippen molar-refractivity contribution in [2.24, 2.45) is 5.92 Å². The molecule has 3 rings (SSSR count). The molecule has 2 aliphatic heterocycles. The van der Waals surface area contributed by atoms with E-state index in [0.29, 0.717) is 6.54 Å². The highest BCUT2D eigenvalue weighted by Gasteiger charge is 2.53. The van der Waals surface area contributed by atoms with Gasteiger partial charge in [0.2, 0.25) is 5.91 Å². The monoisotopic (exact) mass is 342 g/mol. The molecule has 0 bridgehead atoms. The summed E-state index contributed by atoms with van der Waals surface area (Å²) in [6.07, 6.45) is -0.947. The number of carbonyl (C=O) groups excluding carboxylic acids is 2. The fourth-order valence-electron chi connectivity index (χ4n) is 3.66. The summed E-state index contributed by atoms with van der Waals surface area (Å²) in [5, 5.41) is 0. The molecule has 0 aromatic heterocycles. The van der Waals surface area contributed by atoms with E-state index in [1.165, 1.54) is 0 Å². The number of nitrogens with zero attached hydrogens (tertiary/aromatic N) is 2. The van der Waals surface area contributed by atoms with Gasteiger partial charge in [0.05, 0.1) is 0 Å². The molecule has 2 aliphatic rings. The highest BCUT2D eigenvalue weighted by atomic mass is 16.6. The molecule has 0 N–H and O–H groups in total. The van der Waals surface area contributed by atoms with Crippen LogP contribution < -0.4 is 0 Å². The van der Waals surface area contributed by atoms with Crippen LogP contribution in [0.25, 0.3) is 5.57 Å². The Hall–Kier alpha value is -2.30. The quantitative estimate of drug-likeness (QED) is 0.783. The van der Waals surface area contributed by atoms with E-state index in [0.717, 1.165) is 16.7 Å². The lowest BCUT2D eigenvalue weighted by molar-refractivity contribution is -0.131. The molecule has 2 amide bonds. The maximum Gasteiger partial charge on any atom is 0.412 e. The summed E-state index contributed by atoms with van der Waals surface area (Å²) in [6.45, 7) is 14.1. The Labute approximate surface area is 149 Å². The van der Waals surface area contributed by atoms with Gasteiger partial charge < -0.3 is 9.64 Å². The van der Waals surface area contributed by atoms with Crippen LogP contribution in [-0.2, 0) is 16.1 Å². The van der Waals surface area contributed by atoms with E-state index >= 15 is 0 Å². The molecule has 5 nitrogen and oxygen atoms in total. The van der Waals surface area contributed by atoms with E-state index in [9.17, 15) is 9.59 Å². The van der Waals surface area contributed by atoms with Gasteiger partial charge in [-0.15, -0.1) is 0 Å². The highest BCUT2D eigenvalue weighted by Crippen LogP contribution is 2.40. The number of amides is 2. The van der Waals surface area contributed by atoms with Crippen LogP contribution in [0.5, 0.6) is 0 Å². The van der Waals surface area contributed by atoms with E-state index < -0.39 is 23.9 Å². The number of hydrogen-bond donors (Lipinski definition) is 0. The van der Waals surface area contributed by atoms with Gasteiger partial charge in [-0.25, -0.2) is 4.79 Å². The standard InChI is InChI=1S/C20H26N2O3/c1-12(2)16-18(23)21-11-14-9-7-8-10-15(14)13(3)17(21)22(16)19(24)25-20(4,5)6/h7-10,12,16-17H,3,11H2,1-2,4-6H3/t16-,17+/m0/s1. The van der Waals surface area contributed by atoms with Gasteiger partial charge in [-0.3, -0.25) is 9.69 Å². The first kappa shape index (κ1) is 17.5. The first-order valence-corrected chi connectivity index (χ1v) is 8.70. The molecule has 0 spiro atoms. The number of fused-ring (bicyclic) bond motifs is 2. The van der Waals surface area contributed by atoms with Crippen LogP contribution in [0.3, 0.4) is 0 Å². The molecule has 0 aliphatic carbocycles. The predicted octanol–water partition coefficient (Wildman–Crippen LogP) is 3.64. The third-order valence-electron chi connectivity index (χ3n) is 4.65. The van der Waals surface area contributed by atoms with Crippen molar-refractivity contribution in [1.29, 1.82) is 0 Å². The Morgan fingerprint density at radius 1 is 1.28 bits per heavy atom. The molecule has 1 aromatic rings. The Morgan fingerprint density at radius 2 is 1.92 bits per heavy atom. The average Bonchev–Trinajstić information content (AvgIpc) is 2.80. The predicted molar refractivity (Wildman–Crippen MR) is 96.5 cm³/mol. The lowest BCUT2D eigenvalue weighted by Crippen LogP contribution is -2.49. The summed E-state index contributed by atoms with van der Waals surface area (Å²) in [5.41, 5.74) is 2.22. The molecule has 5 heteroatoms. The van der Waals surface area contributed by atoms with Gasteiger partial charge in [-0.1, -0.05) is 44.7 Å². The minimum Gasteiger partial charge on any atom is -0.444 e. The number of rotatable bonds is 1. The van der Waals surface area contributed by atoms with E-state index in [1.807, 2.05) is 58.9 Å². The number of benzene rings is 1. The zero-order valence-corrected chi connectivity index (χ0v) is 15.6. The average molecular weight is 342 g/mol. The molecule has 1 saturated heterocycles. The SMILES string of the molecule is C=C1c2ccccc2CN2C(=O)[C@H](C(C)C)N(C(=O)OC(C)(C)C)[C@H]12. The van der Waals surface area contributed by atoms with Crippen molar-refractivity contribution in [3.63, 3.8) is 0 Å². The third kappa shape index (κ3) is 2.92. The maximum atomic E-state index is 13.1. The van der Waals surface area contributed by atoms with Gasteiger partial charge in [0.25, 0.3) is 0 Å². The molecule has 0 unspecified atom stereocenters. The Kier molecular flexibility index (Phi) is 4.13. The number of carbonyl (C=O) groups is 2. The van der Waals surface area contributed by atoms with Gasteiger partial charge in [0.1, 0.15) is 17.8 Å². The highest BCUT2D eigenvalue weighted by molar-refractivity contribution is 5.94. The van der Waals surface area contributed by atoms with E-state index in [4.69, 9.17) is 4.74 Å². The van der Waals surface area contributed by atoms with Crippen LogP contribution in [0, 0.1) is 5.92 Å². The summed E-state index contributed by atoms with van der Waals surface area (Å²) >= 11 is 0. The minimum atomic E-state index is -0.622. The van der Waals surface area contributed by atoms with Crippen LogP contribution in [-0.4, -0.2) is 39.6 Å². The van der Waals surface area contributed by atoms with E-state index in [-0.39, 0.29) is 11.8 Å². The van der Waals surface area contributed by atoms with Crippen molar-refractivity contribution in [2.75, 3.05) is 0 Å². The molecule has 134 valence electrons. The van der Waals surface area contributed by atoms with Gasteiger partial charge in [-0.05, 0) is 43.4 Å². The molecule has 25 heavy (non-hydrogen) atoms. The second kappa shape index (κ2) is 5.90. The largest absolute Gasteiger partial charge is 0.444 e. The molecule has 2 atom stereocenters. The molecule has 1 aromatic carbocycles. The van der Waals surface area contributed by atoms with Gasteiger partial charge >= 0.3 is 6.09 Å². The summed E-state index contributed by atoms with van der Waals surface area (Å²) in [4.78, 5) is 29.3. The lowest BCUT2D eigenvalue weighted by Gasteiger charge is -2.38. The molecule has 0 saturated carbocycles. The smallest absolute Gasteiger partial charge is 0.412 e. The molecule has 2 heterocycles. The summed E-state index contributed by atoms with van der Waals surface area (Å²) in [7, 11) is 0. The maximum absolute atomic E-state index is 13.1. The Morgan fingerprint density at radius 3 is 2.52 bits per heavy atom. The number of hydrogen-bond acceptors (Lipinski definition) is 3. The lowest BCUT2D eigenvalue weighted by atomic mass is 9.94. The first-order valence-electron chi connectivity index (χ1n) is 8.70. The van der Waals surface area contributed by atoms with Crippen molar-refractivity contribution in [1.82, 2.24) is 9.80 Å². The van der Waals surface area contributed by atoms with E-state index in [2.05, 4.69) is 6.58 Å². The van der Waals surface area contributed by atoms with Crippen LogP contribution in [0.2, 0.25) is 0 Å².